The summed E-state index contributed by atoms with van der Waals surface area (Å²) in [4.78, 5) is 5.66. The Hall–Kier alpha value is -9.63. The predicted molar refractivity (Wildman–Crippen MR) is 309 cm³/mol. The van der Waals surface area contributed by atoms with Crippen LogP contribution in [0.2, 0.25) is 0 Å². The normalized spacial score (nSPS) is 11.6. The second kappa shape index (κ2) is 17.6. The van der Waals surface area contributed by atoms with Crippen LogP contribution in [0, 0.1) is 0 Å². The quantitative estimate of drug-likeness (QED) is 0.139. The van der Waals surface area contributed by atoms with Crippen molar-refractivity contribution in [3.05, 3.63) is 279 Å². The van der Waals surface area contributed by atoms with Gasteiger partial charge in [-0.05, 0) is 117 Å². The number of nitrogens with zero attached hydrogens (tertiary/aromatic N) is 2. The second-order valence-corrected chi connectivity index (χ2v) is 19.0. The fourth-order valence-corrected chi connectivity index (χ4v) is 11.4. The summed E-state index contributed by atoms with van der Waals surface area (Å²) in [6.45, 7) is 0. The van der Waals surface area contributed by atoms with Gasteiger partial charge in [-0.1, -0.05) is 261 Å². The van der Waals surface area contributed by atoms with E-state index in [4.69, 9.17) is 4.98 Å². The van der Waals surface area contributed by atoms with Gasteiger partial charge >= 0.3 is 0 Å². The van der Waals surface area contributed by atoms with E-state index in [1.165, 1.54) is 92.8 Å². The van der Waals surface area contributed by atoms with Gasteiger partial charge in [-0.3, -0.25) is 4.57 Å². The molecule has 0 saturated carbocycles. The molecule has 0 aliphatic carbocycles. The third-order valence-electron chi connectivity index (χ3n) is 14.8. The molecule has 0 spiro atoms. The monoisotopic (exact) mass is 926 g/mol. The average Bonchev–Trinajstić information content (AvgIpc) is 3.88. The number of aromatic nitrogens is 2. The van der Waals surface area contributed by atoms with Crippen LogP contribution >= 0.6 is 0 Å². The van der Waals surface area contributed by atoms with Crippen molar-refractivity contribution in [2.45, 2.75) is 0 Å². The molecular weight excluding hydrogens is 881 g/mol. The Balaban J connectivity index is 0.956. The van der Waals surface area contributed by atoms with Crippen LogP contribution in [0.3, 0.4) is 0 Å². The molecule has 0 N–H and O–H groups in total. The lowest BCUT2D eigenvalue weighted by molar-refractivity contribution is 1.07. The van der Waals surface area contributed by atoms with Crippen molar-refractivity contribution in [1.29, 1.82) is 0 Å². The van der Waals surface area contributed by atoms with E-state index < -0.39 is 0 Å². The van der Waals surface area contributed by atoms with Crippen LogP contribution in [-0.4, -0.2) is 9.55 Å². The van der Waals surface area contributed by atoms with E-state index in [9.17, 15) is 0 Å². The van der Waals surface area contributed by atoms with Crippen LogP contribution in [0.1, 0.15) is 0 Å². The number of fused-ring (bicyclic) bond motifs is 5. The Kier molecular flexibility index (Phi) is 10.2. The van der Waals surface area contributed by atoms with E-state index in [1.54, 1.807) is 0 Å². The molecule has 13 aromatic carbocycles. The summed E-state index contributed by atoms with van der Waals surface area (Å²) in [6.07, 6.45) is 0. The SMILES string of the molecule is c1ccc(-c2nc(-c3ccc(-c4cccc5ccccc45)cc3)c(-c3ccc(-c4cccc5ccccc45)cc3)n2-c2ccc(-c3c4ccccc4c(-c4ccc5ccccc5c4)c4ccccc34)cc2)cc1. The van der Waals surface area contributed by atoms with E-state index in [0.717, 1.165) is 45.2 Å². The minimum Gasteiger partial charge on any atom is -0.292 e. The maximum Gasteiger partial charge on any atom is 0.145 e. The van der Waals surface area contributed by atoms with Gasteiger partial charge < -0.3 is 0 Å². The largest absolute Gasteiger partial charge is 0.292 e. The molecule has 0 saturated heterocycles. The minimum absolute atomic E-state index is 0.880. The first kappa shape index (κ1) is 42.3. The van der Waals surface area contributed by atoms with Crippen LogP contribution < -0.4 is 0 Å². The molecule has 0 bridgehead atoms. The highest BCUT2D eigenvalue weighted by Crippen LogP contribution is 2.46. The van der Waals surface area contributed by atoms with Crippen molar-refractivity contribution in [1.82, 2.24) is 9.55 Å². The van der Waals surface area contributed by atoms with Crippen molar-refractivity contribution in [2.75, 3.05) is 0 Å². The fourth-order valence-electron chi connectivity index (χ4n) is 11.4. The van der Waals surface area contributed by atoms with Gasteiger partial charge in [-0.15, -0.1) is 0 Å². The van der Waals surface area contributed by atoms with Crippen LogP contribution in [0.4, 0.5) is 0 Å². The van der Waals surface area contributed by atoms with Gasteiger partial charge in [0.05, 0.1) is 11.4 Å². The van der Waals surface area contributed by atoms with Gasteiger partial charge in [0.25, 0.3) is 0 Å². The smallest absolute Gasteiger partial charge is 0.145 e. The van der Waals surface area contributed by atoms with Crippen molar-refractivity contribution in [3.8, 4) is 84.1 Å². The molecule has 340 valence electrons. The standard InChI is InChI=1S/C71H46N2/c1-2-19-55(20-3-1)71-72-69(53-37-33-50(34-38-53)61-30-14-22-48-17-6-8-24-59(48)61)70(54-39-35-51(36-40-54)62-31-15-23-49-18-7-9-25-60(49)62)73(71)58-44-42-52(43-45-58)67-63-26-10-12-28-65(63)68(66-29-13-11-27-64(66)67)57-41-32-47-16-4-5-21-56(47)46-57/h1-46H. The zero-order valence-electron chi connectivity index (χ0n) is 40.0. The van der Waals surface area contributed by atoms with Gasteiger partial charge in [0, 0.05) is 22.4 Å². The van der Waals surface area contributed by atoms with E-state index in [2.05, 4.69) is 284 Å². The van der Waals surface area contributed by atoms with Gasteiger partial charge in [0.1, 0.15) is 5.82 Å². The van der Waals surface area contributed by atoms with Gasteiger partial charge in [-0.25, -0.2) is 4.98 Å². The zero-order valence-corrected chi connectivity index (χ0v) is 40.0. The molecule has 0 fully saturated rings. The number of hydrogen-bond acceptors (Lipinski definition) is 1. The van der Waals surface area contributed by atoms with Crippen molar-refractivity contribution in [2.24, 2.45) is 0 Å². The topological polar surface area (TPSA) is 17.8 Å². The van der Waals surface area contributed by atoms with Crippen LogP contribution in [-0.2, 0) is 0 Å². The van der Waals surface area contributed by atoms with Crippen LogP contribution in [0.15, 0.2) is 279 Å². The third kappa shape index (κ3) is 7.31. The number of imidazole rings is 1. The minimum atomic E-state index is 0.880. The second-order valence-electron chi connectivity index (χ2n) is 19.0. The highest BCUT2D eigenvalue weighted by atomic mass is 15.1. The number of hydrogen-bond donors (Lipinski definition) is 0. The van der Waals surface area contributed by atoms with Gasteiger partial charge in [0.15, 0.2) is 0 Å². The summed E-state index contributed by atoms with van der Waals surface area (Å²) in [5, 5.41) is 12.4. The molecule has 0 radical (unpaired) electrons. The number of benzene rings is 13. The Morgan fingerprint density at radius 1 is 0.247 bits per heavy atom. The highest BCUT2D eigenvalue weighted by molar-refractivity contribution is 6.21. The molecule has 1 aromatic heterocycles. The van der Waals surface area contributed by atoms with Gasteiger partial charge in [-0.2, -0.15) is 0 Å². The summed E-state index contributed by atoms with van der Waals surface area (Å²) in [5.41, 5.74) is 15.8. The lowest BCUT2D eigenvalue weighted by Gasteiger charge is -2.19. The Bertz CT molecular complexity index is 4330. The molecule has 0 aliphatic rings. The number of rotatable bonds is 8. The molecule has 73 heavy (non-hydrogen) atoms. The fraction of sp³-hybridized carbons (Fsp3) is 0. The molecule has 2 heteroatoms. The molecule has 0 unspecified atom stereocenters. The maximum absolute atomic E-state index is 5.66. The van der Waals surface area contributed by atoms with E-state index in [1.807, 2.05) is 0 Å². The summed E-state index contributed by atoms with van der Waals surface area (Å²) in [7, 11) is 0. The lowest BCUT2D eigenvalue weighted by Crippen LogP contribution is -2.01. The highest BCUT2D eigenvalue weighted by Gasteiger charge is 2.24. The summed E-state index contributed by atoms with van der Waals surface area (Å²) < 4.78 is 2.37. The molecule has 0 aliphatic heterocycles. The summed E-state index contributed by atoms with van der Waals surface area (Å²) in [5.74, 6) is 0.880. The summed E-state index contributed by atoms with van der Waals surface area (Å²) in [6, 6.07) is 102. The Labute approximate surface area is 424 Å². The first-order chi connectivity index (χ1) is 36.2. The van der Waals surface area contributed by atoms with Gasteiger partial charge in [0.2, 0.25) is 0 Å². The lowest BCUT2D eigenvalue weighted by atomic mass is 9.85. The first-order valence-corrected chi connectivity index (χ1v) is 25.1. The molecule has 14 aromatic rings. The molecule has 14 rings (SSSR count). The van der Waals surface area contributed by atoms with Crippen molar-refractivity contribution >= 4 is 53.9 Å². The van der Waals surface area contributed by atoms with Crippen molar-refractivity contribution in [3.63, 3.8) is 0 Å². The summed E-state index contributed by atoms with van der Waals surface area (Å²) >= 11 is 0. The van der Waals surface area contributed by atoms with E-state index in [0.29, 0.717) is 0 Å². The van der Waals surface area contributed by atoms with E-state index in [-0.39, 0.29) is 0 Å². The maximum atomic E-state index is 5.66. The van der Waals surface area contributed by atoms with E-state index >= 15 is 0 Å². The Morgan fingerprint density at radius 2 is 0.658 bits per heavy atom. The molecule has 0 atom stereocenters. The van der Waals surface area contributed by atoms with Crippen LogP contribution in [0.25, 0.3) is 138 Å². The average molecular weight is 927 g/mol. The molecule has 1 heterocycles. The first-order valence-electron chi connectivity index (χ1n) is 25.1. The predicted octanol–water partition coefficient (Wildman–Crippen LogP) is 19.3. The van der Waals surface area contributed by atoms with Crippen LogP contribution in [0.5, 0.6) is 0 Å². The Morgan fingerprint density at radius 3 is 1.22 bits per heavy atom. The molecule has 0 amide bonds. The molecule has 2 nitrogen and oxygen atoms in total. The zero-order chi connectivity index (χ0) is 48.2. The third-order valence-corrected chi connectivity index (χ3v) is 14.8. The van der Waals surface area contributed by atoms with Crippen molar-refractivity contribution < 1.29 is 0 Å². The molecular formula is C71H46N2.